The third-order valence-electron chi connectivity index (χ3n) is 6.29. The summed E-state index contributed by atoms with van der Waals surface area (Å²) in [6.45, 7) is 16.4. The van der Waals surface area contributed by atoms with Gasteiger partial charge < -0.3 is 0 Å². The van der Waals surface area contributed by atoms with Crippen LogP contribution in [0.4, 0.5) is 0 Å². The molecule has 3 rings (SSSR count). The van der Waals surface area contributed by atoms with E-state index in [4.69, 9.17) is 0 Å². The molecular formula is C26H36Si. The number of hydrogen-bond donors (Lipinski definition) is 0. The van der Waals surface area contributed by atoms with Crippen molar-refractivity contribution in [1.29, 1.82) is 0 Å². The lowest BCUT2D eigenvalue weighted by atomic mass is 9.86. The van der Waals surface area contributed by atoms with Gasteiger partial charge in [0.05, 0.1) is 0 Å². The van der Waals surface area contributed by atoms with E-state index in [1.165, 1.54) is 28.7 Å². The van der Waals surface area contributed by atoms with Crippen LogP contribution in [0.5, 0.6) is 0 Å². The van der Waals surface area contributed by atoms with Gasteiger partial charge in [-0.25, -0.2) is 0 Å². The summed E-state index contributed by atoms with van der Waals surface area (Å²) in [4.78, 5) is 0. The van der Waals surface area contributed by atoms with E-state index >= 15 is 0 Å². The van der Waals surface area contributed by atoms with Crippen LogP contribution < -0.4 is 0 Å². The van der Waals surface area contributed by atoms with Crippen LogP contribution in [0.25, 0.3) is 17.2 Å². The number of hydrogen-bond acceptors (Lipinski definition) is 0. The summed E-state index contributed by atoms with van der Waals surface area (Å²) in [5.41, 5.74) is 10.8. The molecule has 0 nitrogen and oxygen atoms in total. The van der Waals surface area contributed by atoms with E-state index in [0.29, 0.717) is 5.92 Å². The Hall–Kier alpha value is -1.60. The van der Waals surface area contributed by atoms with E-state index in [1.807, 2.05) is 0 Å². The normalized spacial score (nSPS) is 18.2. The predicted molar refractivity (Wildman–Crippen MR) is 124 cm³/mol. The molecule has 27 heavy (non-hydrogen) atoms. The van der Waals surface area contributed by atoms with Crippen LogP contribution in [0.3, 0.4) is 0 Å². The van der Waals surface area contributed by atoms with E-state index in [9.17, 15) is 0 Å². The zero-order chi connectivity index (χ0) is 19.8. The second kappa shape index (κ2) is 7.79. The summed E-state index contributed by atoms with van der Waals surface area (Å²) in [5.74, 6) is 0.634. The molecule has 0 amide bonds. The molecule has 0 radical (unpaired) electrons. The first-order valence-corrected chi connectivity index (χ1v) is 12.3. The van der Waals surface area contributed by atoms with E-state index in [-0.39, 0.29) is 14.9 Å². The van der Waals surface area contributed by atoms with Gasteiger partial charge in [-0.05, 0) is 44.7 Å². The van der Waals surface area contributed by atoms with Crippen molar-refractivity contribution in [2.24, 2.45) is 5.92 Å². The fourth-order valence-electron chi connectivity index (χ4n) is 4.30. The Morgan fingerprint density at radius 2 is 1.63 bits per heavy atom. The van der Waals surface area contributed by atoms with Crippen LogP contribution in [0.2, 0.25) is 5.54 Å². The molecule has 2 unspecified atom stereocenters. The summed E-state index contributed by atoms with van der Waals surface area (Å²) < 4.78 is 0. The van der Waals surface area contributed by atoms with Gasteiger partial charge in [0, 0.05) is 9.52 Å². The van der Waals surface area contributed by atoms with E-state index in [0.717, 1.165) is 11.1 Å². The number of rotatable bonds is 5. The van der Waals surface area contributed by atoms with Gasteiger partial charge in [-0.15, -0.1) is 0 Å². The van der Waals surface area contributed by atoms with E-state index in [2.05, 4.69) is 97.0 Å². The fourth-order valence-corrected chi connectivity index (χ4v) is 6.91. The lowest BCUT2D eigenvalue weighted by Crippen LogP contribution is -2.15. The molecule has 0 spiro atoms. The Morgan fingerprint density at radius 1 is 0.963 bits per heavy atom. The van der Waals surface area contributed by atoms with Gasteiger partial charge in [0.25, 0.3) is 0 Å². The molecule has 144 valence electrons. The van der Waals surface area contributed by atoms with Crippen molar-refractivity contribution in [3.05, 3.63) is 64.7 Å². The molecule has 0 saturated heterocycles. The second-order valence-corrected chi connectivity index (χ2v) is 12.4. The first-order valence-electron chi connectivity index (χ1n) is 10.7. The largest absolute Gasteiger partial charge is 0.0654 e. The maximum absolute atomic E-state index is 2.53. The van der Waals surface area contributed by atoms with Gasteiger partial charge in [-0.3, -0.25) is 0 Å². The molecule has 0 saturated carbocycles. The van der Waals surface area contributed by atoms with Crippen LogP contribution >= 0.6 is 0 Å². The summed E-state index contributed by atoms with van der Waals surface area (Å²) in [6.07, 6.45) is 3.85. The molecule has 0 bridgehead atoms. The maximum atomic E-state index is 2.53. The molecule has 2 atom stereocenters. The second-order valence-electron chi connectivity index (χ2n) is 9.74. The minimum absolute atomic E-state index is 0.176. The molecule has 0 N–H and O–H groups in total. The van der Waals surface area contributed by atoms with Crippen molar-refractivity contribution in [1.82, 2.24) is 0 Å². The Kier molecular flexibility index (Phi) is 5.81. The van der Waals surface area contributed by atoms with Gasteiger partial charge in [0.1, 0.15) is 0 Å². The molecule has 1 aliphatic rings. The minimum atomic E-state index is -0.176. The highest BCUT2D eigenvalue weighted by Gasteiger charge is 2.29. The van der Waals surface area contributed by atoms with Crippen molar-refractivity contribution in [3.8, 4) is 11.1 Å². The Bertz CT molecular complexity index is 818. The first-order chi connectivity index (χ1) is 12.7. The first kappa shape index (κ1) is 20.1. The summed E-state index contributed by atoms with van der Waals surface area (Å²) in [6, 6.07) is 16.2. The Labute approximate surface area is 168 Å². The zero-order valence-electron chi connectivity index (χ0n) is 18.3. The van der Waals surface area contributed by atoms with Crippen molar-refractivity contribution < 1.29 is 0 Å². The quantitative estimate of drug-likeness (QED) is 0.487. The van der Waals surface area contributed by atoms with Gasteiger partial charge in [-0.2, -0.15) is 0 Å². The third-order valence-corrected chi connectivity index (χ3v) is 9.06. The highest BCUT2D eigenvalue weighted by atomic mass is 28.2. The SMILES string of the molecule is CCC(C)[SiH2]C1C(C(C)C)=Cc2c(-c3ccc(C(C)(C)C)cc3)cccc21. The van der Waals surface area contributed by atoms with E-state index < -0.39 is 0 Å². The van der Waals surface area contributed by atoms with Crippen LogP contribution in [0.15, 0.2) is 48.0 Å². The standard InChI is InChI=1S/C26H36Si/c1-8-18(4)27-25-22-11-9-10-21(24(22)16-23(25)17(2)3)19-12-14-20(15-13-19)26(5,6)7/h9-18,25H,8,27H2,1-7H3. The summed E-state index contributed by atoms with van der Waals surface area (Å²) in [5, 5.41) is 0. The molecule has 0 fully saturated rings. The number of allylic oxidation sites excluding steroid dienone is 1. The number of benzene rings is 2. The topological polar surface area (TPSA) is 0 Å². The van der Waals surface area contributed by atoms with Crippen LogP contribution in [0.1, 0.15) is 77.1 Å². The molecule has 2 aromatic rings. The Balaban J connectivity index is 2.04. The van der Waals surface area contributed by atoms with Gasteiger partial charge >= 0.3 is 0 Å². The highest BCUT2D eigenvalue weighted by Crippen LogP contribution is 2.44. The van der Waals surface area contributed by atoms with Crippen molar-refractivity contribution in [2.45, 2.75) is 71.4 Å². The molecule has 1 heteroatoms. The Morgan fingerprint density at radius 3 is 2.19 bits per heavy atom. The third kappa shape index (κ3) is 4.14. The lowest BCUT2D eigenvalue weighted by molar-refractivity contribution is 0.590. The monoisotopic (exact) mass is 376 g/mol. The number of fused-ring (bicyclic) bond motifs is 1. The van der Waals surface area contributed by atoms with Gasteiger partial charge in [0.2, 0.25) is 0 Å². The van der Waals surface area contributed by atoms with Crippen molar-refractivity contribution in [2.75, 3.05) is 0 Å². The highest BCUT2D eigenvalue weighted by molar-refractivity contribution is 6.41. The van der Waals surface area contributed by atoms with Crippen molar-refractivity contribution in [3.63, 3.8) is 0 Å². The molecule has 0 aromatic heterocycles. The molecular weight excluding hydrogens is 340 g/mol. The fraction of sp³-hybridized carbons (Fsp3) is 0.462. The smallest absolute Gasteiger partial charge is 0.0367 e. The zero-order valence-corrected chi connectivity index (χ0v) is 19.7. The average molecular weight is 377 g/mol. The summed E-state index contributed by atoms with van der Waals surface area (Å²) in [7, 11) is -0.176. The molecule has 1 aliphatic carbocycles. The minimum Gasteiger partial charge on any atom is -0.0654 e. The molecule has 0 heterocycles. The van der Waals surface area contributed by atoms with Gasteiger partial charge in [-0.1, -0.05) is 115 Å². The van der Waals surface area contributed by atoms with Crippen molar-refractivity contribution >= 4 is 15.6 Å². The average Bonchev–Trinajstić information content (AvgIpc) is 3.00. The molecule has 2 aromatic carbocycles. The van der Waals surface area contributed by atoms with Crippen LogP contribution in [-0.4, -0.2) is 9.52 Å². The lowest BCUT2D eigenvalue weighted by Gasteiger charge is -2.22. The summed E-state index contributed by atoms with van der Waals surface area (Å²) >= 11 is 0. The predicted octanol–water partition coefficient (Wildman–Crippen LogP) is 7.13. The van der Waals surface area contributed by atoms with Gasteiger partial charge in [0.15, 0.2) is 0 Å². The van der Waals surface area contributed by atoms with Crippen LogP contribution in [-0.2, 0) is 5.41 Å². The maximum Gasteiger partial charge on any atom is 0.0367 e. The molecule has 0 aliphatic heterocycles. The van der Waals surface area contributed by atoms with Crippen LogP contribution in [0, 0.1) is 5.92 Å². The van der Waals surface area contributed by atoms with E-state index in [1.54, 1.807) is 11.1 Å².